The maximum Gasteiger partial charge on any atom is 0.162 e. The lowest BCUT2D eigenvalue weighted by molar-refractivity contribution is 0.155. The molecule has 1 aromatic heterocycles. The first-order valence-electron chi connectivity index (χ1n) is 9.65. The van der Waals surface area contributed by atoms with E-state index in [4.69, 9.17) is 24.2 Å². The van der Waals surface area contributed by atoms with Crippen molar-refractivity contribution in [3.63, 3.8) is 0 Å². The Morgan fingerprint density at radius 2 is 1.89 bits per heavy atom. The molecule has 2 saturated heterocycles. The van der Waals surface area contributed by atoms with Crippen LogP contribution in [0.15, 0.2) is 12.1 Å². The molecule has 7 nitrogen and oxygen atoms in total. The lowest BCUT2D eigenvalue weighted by Crippen LogP contribution is -2.32. The van der Waals surface area contributed by atoms with Crippen LogP contribution in [-0.4, -0.2) is 68.5 Å². The largest absolute Gasteiger partial charge is 0.493 e. The van der Waals surface area contributed by atoms with Crippen molar-refractivity contribution in [2.45, 2.75) is 31.8 Å². The average molecular weight is 372 g/mol. The molecule has 3 heterocycles. The number of aromatic nitrogens is 2. The third-order valence-electron chi connectivity index (χ3n) is 5.55. The summed E-state index contributed by atoms with van der Waals surface area (Å²) in [5.74, 6) is 3.25. The van der Waals surface area contributed by atoms with Gasteiger partial charge in [0.05, 0.1) is 32.9 Å². The molecule has 0 bridgehead atoms. The minimum atomic E-state index is 0.435. The normalized spacial score (nSPS) is 20.0. The second kappa shape index (κ2) is 7.86. The molecule has 7 heteroatoms. The Morgan fingerprint density at radius 3 is 2.56 bits per heavy atom. The SMILES string of the molecule is COc1cc2nc(CN(C)[C@H]3CCOC3)nc(N3CCCC3)c2cc1OC. The van der Waals surface area contributed by atoms with Gasteiger partial charge in [-0.25, -0.2) is 9.97 Å². The van der Waals surface area contributed by atoms with E-state index in [2.05, 4.69) is 16.8 Å². The first-order valence-corrected chi connectivity index (χ1v) is 9.65. The second-order valence-electron chi connectivity index (χ2n) is 7.31. The molecule has 1 aromatic carbocycles. The third kappa shape index (κ3) is 3.66. The summed E-state index contributed by atoms with van der Waals surface area (Å²) < 4.78 is 16.5. The molecule has 0 aliphatic carbocycles. The summed E-state index contributed by atoms with van der Waals surface area (Å²) in [4.78, 5) is 14.5. The highest BCUT2D eigenvalue weighted by Crippen LogP contribution is 2.36. The van der Waals surface area contributed by atoms with Crippen LogP contribution in [0.4, 0.5) is 5.82 Å². The van der Waals surface area contributed by atoms with Gasteiger partial charge in [-0.2, -0.15) is 0 Å². The molecule has 146 valence electrons. The highest BCUT2D eigenvalue weighted by molar-refractivity contribution is 5.92. The predicted octanol–water partition coefficient (Wildman–Crippen LogP) is 2.47. The van der Waals surface area contributed by atoms with Gasteiger partial charge in [-0.3, -0.25) is 4.90 Å². The van der Waals surface area contributed by atoms with Crippen LogP contribution in [-0.2, 0) is 11.3 Å². The molecule has 0 radical (unpaired) electrons. The minimum Gasteiger partial charge on any atom is -0.493 e. The number of ether oxygens (including phenoxy) is 3. The number of anilines is 1. The van der Waals surface area contributed by atoms with E-state index in [0.29, 0.717) is 24.1 Å². The van der Waals surface area contributed by atoms with E-state index < -0.39 is 0 Å². The molecule has 2 fully saturated rings. The fraction of sp³-hybridized carbons (Fsp3) is 0.600. The number of hydrogen-bond donors (Lipinski definition) is 0. The summed E-state index contributed by atoms with van der Waals surface area (Å²) in [5, 5.41) is 1.02. The number of rotatable bonds is 6. The molecule has 0 saturated carbocycles. The smallest absolute Gasteiger partial charge is 0.162 e. The van der Waals surface area contributed by atoms with E-state index in [1.54, 1.807) is 14.2 Å². The van der Waals surface area contributed by atoms with Crippen molar-refractivity contribution in [2.24, 2.45) is 0 Å². The Hall–Kier alpha value is -2.12. The number of likely N-dealkylation sites (N-methyl/N-ethyl adjacent to an activating group) is 1. The van der Waals surface area contributed by atoms with Crippen molar-refractivity contribution in [2.75, 3.05) is 52.5 Å². The highest BCUT2D eigenvalue weighted by atomic mass is 16.5. The molecule has 2 aromatic rings. The van der Waals surface area contributed by atoms with Gasteiger partial charge in [0.15, 0.2) is 11.5 Å². The Labute approximate surface area is 160 Å². The summed E-state index contributed by atoms with van der Waals surface area (Å²) in [6.07, 6.45) is 3.47. The van der Waals surface area contributed by atoms with Gasteiger partial charge in [0.25, 0.3) is 0 Å². The van der Waals surface area contributed by atoms with Crippen molar-refractivity contribution in [3.8, 4) is 11.5 Å². The maximum atomic E-state index is 5.53. The minimum absolute atomic E-state index is 0.435. The van der Waals surface area contributed by atoms with Crippen molar-refractivity contribution in [3.05, 3.63) is 18.0 Å². The molecule has 0 amide bonds. The first-order chi connectivity index (χ1) is 13.2. The molecule has 2 aliphatic heterocycles. The Kier molecular flexibility index (Phi) is 5.31. The van der Waals surface area contributed by atoms with Crippen LogP contribution in [0.1, 0.15) is 25.1 Å². The molecule has 0 unspecified atom stereocenters. The standard InChI is InChI=1S/C20H28N4O3/c1-23(14-6-9-27-13-14)12-19-21-16-11-18(26-3)17(25-2)10-15(16)20(22-19)24-7-4-5-8-24/h10-11,14H,4-9,12-13H2,1-3H3/t14-/m0/s1. The van der Waals surface area contributed by atoms with Crippen molar-refractivity contribution in [1.29, 1.82) is 0 Å². The van der Waals surface area contributed by atoms with Crippen LogP contribution in [0.2, 0.25) is 0 Å². The zero-order valence-corrected chi connectivity index (χ0v) is 16.4. The zero-order chi connectivity index (χ0) is 18.8. The van der Waals surface area contributed by atoms with Gasteiger partial charge in [-0.05, 0) is 32.4 Å². The predicted molar refractivity (Wildman–Crippen MR) is 105 cm³/mol. The molecule has 1 atom stereocenters. The molecule has 0 N–H and O–H groups in total. The van der Waals surface area contributed by atoms with Crippen molar-refractivity contribution < 1.29 is 14.2 Å². The van der Waals surface area contributed by atoms with E-state index in [9.17, 15) is 0 Å². The summed E-state index contributed by atoms with van der Waals surface area (Å²) in [6, 6.07) is 4.39. The summed E-state index contributed by atoms with van der Waals surface area (Å²) in [6.45, 7) is 4.40. The van der Waals surface area contributed by atoms with E-state index in [1.165, 1.54) is 12.8 Å². The van der Waals surface area contributed by atoms with E-state index >= 15 is 0 Å². The van der Waals surface area contributed by atoms with Gasteiger partial charge < -0.3 is 19.1 Å². The van der Waals surface area contributed by atoms with Gasteiger partial charge in [0.1, 0.15) is 11.6 Å². The second-order valence-corrected chi connectivity index (χ2v) is 7.31. The highest BCUT2D eigenvalue weighted by Gasteiger charge is 2.23. The molecular formula is C20H28N4O3. The molecular weight excluding hydrogens is 344 g/mol. The topological polar surface area (TPSA) is 60.0 Å². The molecule has 2 aliphatic rings. The van der Waals surface area contributed by atoms with Gasteiger partial charge in [0.2, 0.25) is 0 Å². The van der Waals surface area contributed by atoms with Crippen LogP contribution < -0.4 is 14.4 Å². The van der Waals surface area contributed by atoms with E-state index in [1.807, 2.05) is 12.1 Å². The Balaban J connectivity index is 1.75. The number of hydrogen-bond acceptors (Lipinski definition) is 7. The van der Waals surface area contributed by atoms with Crippen LogP contribution in [0.25, 0.3) is 10.9 Å². The number of benzene rings is 1. The number of fused-ring (bicyclic) bond motifs is 1. The lowest BCUT2D eigenvalue weighted by atomic mass is 10.2. The fourth-order valence-corrected chi connectivity index (χ4v) is 3.95. The Bertz CT molecular complexity index is 801. The lowest BCUT2D eigenvalue weighted by Gasteiger charge is -2.24. The van der Waals surface area contributed by atoms with E-state index in [-0.39, 0.29) is 0 Å². The quantitative estimate of drug-likeness (QED) is 0.772. The van der Waals surface area contributed by atoms with Crippen molar-refractivity contribution >= 4 is 16.7 Å². The van der Waals surface area contributed by atoms with Crippen LogP contribution in [0.5, 0.6) is 11.5 Å². The number of nitrogens with zero attached hydrogens (tertiary/aromatic N) is 4. The summed E-state index contributed by atoms with van der Waals surface area (Å²) in [5.41, 5.74) is 0.899. The summed E-state index contributed by atoms with van der Waals surface area (Å²) in [7, 11) is 5.44. The van der Waals surface area contributed by atoms with Crippen LogP contribution in [0.3, 0.4) is 0 Å². The van der Waals surface area contributed by atoms with E-state index in [0.717, 1.165) is 55.3 Å². The van der Waals surface area contributed by atoms with Gasteiger partial charge in [-0.1, -0.05) is 0 Å². The van der Waals surface area contributed by atoms with Gasteiger partial charge in [-0.15, -0.1) is 0 Å². The van der Waals surface area contributed by atoms with Crippen LogP contribution in [0, 0.1) is 0 Å². The maximum absolute atomic E-state index is 5.53. The summed E-state index contributed by atoms with van der Waals surface area (Å²) >= 11 is 0. The molecule has 4 rings (SSSR count). The van der Waals surface area contributed by atoms with Gasteiger partial charge >= 0.3 is 0 Å². The average Bonchev–Trinajstić information content (AvgIpc) is 3.40. The fourth-order valence-electron chi connectivity index (χ4n) is 3.95. The monoisotopic (exact) mass is 372 g/mol. The van der Waals surface area contributed by atoms with Gasteiger partial charge in [0, 0.05) is 37.2 Å². The molecule has 0 spiro atoms. The Morgan fingerprint density at radius 1 is 1.15 bits per heavy atom. The van der Waals surface area contributed by atoms with Crippen LogP contribution >= 0.6 is 0 Å². The first kappa shape index (κ1) is 18.3. The third-order valence-corrected chi connectivity index (χ3v) is 5.55. The van der Waals surface area contributed by atoms with Crippen molar-refractivity contribution in [1.82, 2.24) is 14.9 Å². The number of methoxy groups -OCH3 is 2. The zero-order valence-electron chi connectivity index (χ0n) is 16.4. The molecule has 27 heavy (non-hydrogen) atoms.